The van der Waals surface area contributed by atoms with Gasteiger partial charge in [0.1, 0.15) is 27.5 Å². The second kappa shape index (κ2) is 10.3. The number of rotatable bonds is 7. The molecule has 0 aliphatic carbocycles. The number of carbonyl (C=O) groups excluding carboxylic acids is 2. The maximum absolute atomic E-state index is 13.1. The van der Waals surface area contributed by atoms with Crippen LogP contribution in [-0.2, 0) is 32.8 Å². The SMILES string of the molecule is CCOC(=O)c1cc(C#N)c(N2CC(C(=O)NS(=O)(=O)c3ccc(-c4cc(C(F)(F)F)n(C)n4)s3)C2)nc1C. The summed E-state index contributed by atoms with van der Waals surface area (Å²) in [5.41, 5.74) is -0.458. The van der Waals surface area contributed by atoms with E-state index in [1.165, 1.54) is 18.2 Å². The van der Waals surface area contributed by atoms with Gasteiger partial charge in [0.15, 0.2) is 0 Å². The maximum atomic E-state index is 13.1. The van der Waals surface area contributed by atoms with Crippen LogP contribution in [0.4, 0.5) is 19.0 Å². The number of nitrogens with zero attached hydrogens (tertiary/aromatic N) is 5. The monoisotopic (exact) mass is 582 g/mol. The van der Waals surface area contributed by atoms with Gasteiger partial charge in [-0.1, -0.05) is 0 Å². The molecule has 16 heteroatoms. The van der Waals surface area contributed by atoms with Gasteiger partial charge in [0.2, 0.25) is 5.91 Å². The first-order chi connectivity index (χ1) is 18.2. The Morgan fingerprint density at radius 1 is 1.28 bits per heavy atom. The first-order valence-electron chi connectivity index (χ1n) is 11.4. The predicted molar refractivity (Wildman–Crippen MR) is 132 cm³/mol. The molecule has 1 amide bonds. The van der Waals surface area contributed by atoms with Crippen LogP contribution in [-0.4, -0.2) is 54.8 Å². The number of halogens is 3. The van der Waals surface area contributed by atoms with E-state index in [-0.39, 0.29) is 51.4 Å². The standard InChI is InChI=1S/C23H21F3N6O5S2/c1-4-37-22(34)15-7-13(9-27)20(28-12(15)2)32-10-14(11-32)21(33)30-39(35,36)19-6-5-17(38-19)16-8-18(23(24,25)26)31(3)29-16/h5-8,14H,4,10-11H2,1-3H3,(H,30,33). The molecule has 4 rings (SSSR count). The van der Waals surface area contributed by atoms with Gasteiger partial charge in [-0.3, -0.25) is 9.48 Å². The number of nitriles is 1. The van der Waals surface area contributed by atoms with Crippen LogP contribution in [0.1, 0.15) is 34.2 Å². The number of thiophene rings is 1. The number of amides is 1. The molecule has 0 spiro atoms. The van der Waals surface area contributed by atoms with Crippen molar-refractivity contribution in [1.29, 1.82) is 5.26 Å². The van der Waals surface area contributed by atoms with E-state index < -0.39 is 39.7 Å². The molecule has 1 aliphatic heterocycles. The van der Waals surface area contributed by atoms with E-state index >= 15 is 0 Å². The van der Waals surface area contributed by atoms with Gasteiger partial charge in [0, 0.05) is 20.1 Å². The Morgan fingerprint density at radius 2 is 1.97 bits per heavy atom. The number of aryl methyl sites for hydroxylation is 2. The molecule has 11 nitrogen and oxygen atoms in total. The molecular formula is C23H21F3N6O5S2. The zero-order valence-electron chi connectivity index (χ0n) is 20.7. The molecule has 1 aliphatic rings. The lowest BCUT2D eigenvalue weighted by molar-refractivity contribution is -0.143. The number of pyridine rings is 1. The van der Waals surface area contributed by atoms with Gasteiger partial charge in [0.05, 0.1) is 34.2 Å². The Labute approximate surface area is 224 Å². The van der Waals surface area contributed by atoms with Crippen molar-refractivity contribution >= 4 is 39.1 Å². The fourth-order valence-electron chi connectivity index (χ4n) is 3.87. The van der Waals surface area contributed by atoms with E-state index in [9.17, 15) is 36.4 Å². The minimum atomic E-state index is -4.62. The fraction of sp³-hybridized carbons (Fsp3) is 0.348. The lowest BCUT2D eigenvalue weighted by Crippen LogP contribution is -2.55. The van der Waals surface area contributed by atoms with E-state index in [1.807, 2.05) is 10.8 Å². The summed E-state index contributed by atoms with van der Waals surface area (Å²) in [5.74, 6) is -1.87. The minimum Gasteiger partial charge on any atom is -0.462 e. The van der Waals surface area contributed by atoms with Crippen molar-refractivity contribution < 1.29 is 35.9 Å². The molecule has 0 radical (unpaired) electrons. The third kappa shape index (κ3) is 5.59. The number of hydrogen-bond donors (Lipinski definition) is 1. The van der Waals surface area contributed by atoms with E-state index in [0.717, 1.165) is 13.1 Å². The average molecular weight is 583 g/mol. The van der Waals surface area contributed by atoms with Crippen molar-refractivity contribution in [2.45, 2.75) is 24.2 Å². The number of carbonyl (C=O) groups is 2. The van der Waals surface area contributed by atoms with E-state index in [2.05, 4.69) is 10.1 Å². The number of sulfonamides is 1. The van der Waals surface area contributed by atoms with Gasteiger partial charge in [0.25, 0.3) is 10.0 Å². The first kappa shape index (κ1) is 28.0. The molecule has 0 aromatic carbocycles. The quantitative estimate of drug-likeness (QED) is 0.415. The Bertz CT molecular complexity index is 1600. The summed E-state index contributed by atoms with van der Waals surface area (Å²) in [6.45, 7) is 3.53. The minimum absolute atomic E-state index is 0.0534. The van der Waals surface area contributed by atoms with Crippen molar-refractivity contribution in [1.82, 2.24) is 19.5 Å². The fourth-order valence-corrected chi connectivity index (χ4v) is 6.18. The zero-order valence-corrected chi connectivity index (χ0v) is 22.4. The maximum Gasteiger partial charge on any atom is 0.433 e. The predicted octanol–water partition coefficient (Wildman–Crippen LogP) is 2.86. The number of esters is 1. The topological polar surface area (TPSA) is 147 Å². The van der Waals surface area contributed by atoms with Gasteiger partial charge >= 0.3 is 12.1 Å². The van der Waals surface area contributed by atoms with Crippen molar-refractivity contribution in [2.75, 3.05) is 24.6 Å². The van der Waals surface area contributed by atoms with Crippen LogP contribution in [0, 0.1) is 24.2 Å². The normalized spacial score (nSPS) is 14.0. The summed E-state index contributed by atoms with van der Waals surface area (Å²) < 4.78 is 72.1. The number of nitrogens with one attached hydrogen (secondary N) is 1. The zero-order chi connectivity index (χ0) is 28.7. The highest BCUT2D eigenvalue weighted by Gasteiger charge is 2.38. The Kier molecular flexibility index (Phi) is 7.41. The molecule has 0 atom stereocenters. The lowest BCUT2D eigenvalue weighted by atomic mass is 9.98. The van der Waals surface area contributed by atoms with Gasteiger partial charge < -0.3 is 9.64 Å². The smallest absolute Gasteiger partial charge is 0.433 e. The molecule has 3 aromatic rings. The summed E-state index contributed by atoms with van der Waals surface area (Å²) in [7, 11) is -3.17. The molecule has 0 bridgehead atoms. The number of hydrogen-bond acceptors (Lipinski definition) is 10. The Balaban J connectivity index is 1.43. The van der Waals surface area contributed by atoms with Crippen LogP contribution in [0.15, 0.2) is 28.5 Å². The van der Waals surface area contributed by atoms with E-state index in [0.29, 0.717) is 21.7 Å². The molecule has 39 heavy (non-hydrogen) atoms. The summed E-state index contributed by atoms with van der Waals surface area (Å²) in [5, 5.41) is 13.3. The van der Waals surface area contributed by atoms with Gasteiger partial charge in [-0.25, -0.2) is 22.9 Å². The van der Waals surface area contributed by atoms with E-state index in [4.69, 9.17) is 4.74 Å². The third-order valence-electron chi connectivity index (χ3n) is 5.86. The molecule has 1 saturated heterocycles. The van der Waals surface area contributed by atoms with Crippen molar-refractivity contribution in [3.63, 3.8) is 0 Å². The molecule has 1 N–H and O–H groups in total. The van der Waals surface area contributed by atoms with Gasteiger partial charge in [-0.05, 0) is 38.1 Å². The van der Waals surface area contributed by atoms with Crippen LogP contribution in [0.5, 0.6) is 0 Å². The summed E-state index contributed by atoms with van der Waals surface area (Å²) in [6.07, 6.45) is -4.62. The van der Waals surface area contributed by atoms with Crippen molar-refractivity contribution in [3.8, 4) is 16.6 Å². The lowest BCUT2D eigenvalue weighted by Gasteiger charge is -2.39. The molecule has 4 heterocycles. The number of anilines is 1. The Hall–Kier alpha value is -3.97. The van der Waals surface area contributed by atoms with Crippen molar-refractivity contribution in [3.05, 3.63) is 46.8 Å². The highest BCUT2D eigenvalue weighted by atomic mass is 32.2. The molecule has 3 aromatic heterocycles. The van der Waals surface area contributed by atoms with Crippen LogP contribution < -0.4 is 9.62 Å². The number of ether oxygens (including phenoxy) is 1. The summed E-state index contributed by atoms with van der Waals surface area (Å²) >= 11 is 0.676. The molecular weight excluding hydrogens is 561 g/mol. The summed E-state index contributed by atoms with van der Waals surface area (Å²) in [4.78, 5) is 30.9. The second-order valence-corrected chi connectivity index (χ2v) is 11.5. The highest BCUT2D eigenvalue weighted by Crippen LogP contribution is 2.35. The van der Waals surface area contributed by atoms with Gasteiger partial charge in [-0.2, -0.15) is 23.5 Å². The van der Waals surface area contributed by atoms with Crippen LogP contribution in [0.3, 0.4) is 0 Å². The second-order valence-electron chi connectivity index (χ2n) is 8.55. The molecule has 0 saturated carbocycles. The molecule has 0 unspecified atom stereocenters. The average Bonchev–Trinajstić information content (AvgIpc) is 3.45. The number of alkyl halides is 3. The molecule has 206 valence electrons. The van der Waals surface area contributed by atoms with Crippen molar-refractivity contribution in [2.24, 2.45) is 13.0 Å². The third-order valence-corrected chi connectivity index (χ3v) is 8.81. The van der Waals surface area contributed by atoms with Crippen LogP contribution in [0.2, 0.25) is 0 Å². The van der Waals surface area contributed by atoms with E-state index in [1.54, 1.807) is 18.7 Å². The first-order valence-corrected chi connectivity index (χ1v) is 13.7. The number of aromatic nitrogens is 3. The molecule has 1 fully saturated rings. The van der Waals surface area contributed by atoms with Crippen LogP contribution >= 0.6 is 11.3 Å². The highest BCUT2D eigenvalue weighted by molar-refractivity contribution is 7.92. The summed E-state index contributed by atoms with van der Waals surface area (Å²) in [6, 6.07) is 6.64. The van der Waals surface area contributed by atoms with Crippen LogP contribution in [0.25, 0.3) is 10.6 Å². The Morgan fingerprint density at radius 3 is 2.56 bits per heavy atom. The largest absolute Gasteiger partial charge is 0.462 e. The van der Waals surface area contributed by atoms with Gasteiger partial charge in [-0.15, -0.1) is 11.3 Å².